The lowest BCUT2D eigenvalue weighted by atomic mass is 10.1. The van der Waals surface area contributed by atoms with Gasteiger partial charge in [-0.25, -0.2) is 4.79 Å². The van der Waals surface area contributed by atoms with Crippen molar-refractivity contribution >= 4 is 22.7 Å². The van der Waals surface area contributed by atoms with Crippen molar-refractivity contribution in [1.29, 1.82) is 0 Å². The van der Waals surface area contributed by atoms with E-state index in [1.54, 1.807) is 39.7 Å². The largest absolute Gasteiger partial charge is 0.497 e. The van der Waals surface area contributed by atoms with Gasteiger partial charge in [-0.05, 0) is 73.9 Å². The number of rotatable bonds is 8. The highest BCUT2D eigenvalue weighted by Crippen LogP contribution is 2.38. The fourth-order valence-corrected chi connectivity index (χ4v) is 3.96. The average molecular weight is 503 g/mol. The Morgan fingerprint density at radius 2 is 1.59 bits per heavy atom. The topological polar surface area (TPSA) is 88.1 Å². The Bertz CT molecular complexity index is 1440. The van der Waals surface area contributed by atoms with E-state index in [-0.39, 0.29) is 0 Å². The molecule has 1 N–H and O–H groups in total. The van der Waals surface area contributed by atoms with Crippen LogP contribution in [0.15, 0.2) is 60.8 Å². The van der Waals surface area contributed by atoms with Gasteiger partial charge in [-0.1, -0.05) is 12.1 Å². The van der Waals surface area contributed by atoms with Crippen LogP contribution < -0.4 is 24.3 Å². The van der Waals surface area contributed by atoms with Gasteiger partial charge in [-0.2, -0.15) is 0 Å². The molecule has 37 heavy (non-hydrogen) atoms. The van der Waals surface area contributed by atoms with Crippen molar-refractivity contribution in [2.24, 2.45) is 0 Å². The van der Waals surface area contributed by atoms with Crippen LogP contribution in [0.25, 0.3) is 10.9 Å². The zero-order chi connectivity index (χ0) is 26.5. The van der Waals surface area contributed by atoms with Crippen molar-refractivity contribution in [3.8, 4) is 28.7 Å². The first-order chi connectivity index (χ1) is 17.8. The highest BCUT2D eigenvalue weighted by atomic mass is 16.6. The van der Waals surface area contributed by atoms with Gasteiger partial charge in [0.1, 0.15) is 23.4 Å². The third-order valence-electron chi connectivity index (χ3n) is 6.25. The minimum Gasteiger partial charge on any atom is -0.497 e. The minimum atomic E-state index is -0.548. The lowest BCUT2D eigenvalue weighted by Gasteiger charge is -2.18. The van der Waals surface area contributed by atoms with Gasteiger partial charge in [0.15, 0.2) is 11.5 Å². The van der Waals surface area contributed by atoms with E-state index < -0.39 is 12.2 Å². The lowest BCUT2D eigenvalue weighted by molar-refractivity contribution is 0.121. The van der Waals surface area contributed by atoms with Crippen LogP contribution >= 0.6 is 0 Å². The molecule has 1 unspecified atom stereocenters. The maximum atomic E-state index is 12.6. The molecule has 0 saturated heterocycles. The van der Waals surface area contributed by atoms with E-state index >= 15 is 0 Å². The van der Waals surface area contributed by atoms with Crippen molar-refractivity contribution < 1.29 is 28.5 Å². The molecule has 4 aromatic rings. The Kier molecular flexibility index (Phi) is 7.67. The van der Waals surface area contributed by atoms with Gasteiger partial charge in [0.05, 0.1) is 26.8 Å². The van der Waals surface area contributed by atoms with Crippen molar-refractivity contribution in [2.45, 2.75) is 26.9 Å². The van der Waals surface area contributed by atoms with Gasteiger partial charge >= 0.3 is 6.09 Å². The maximum absolute atomic E-state index is 12.6. The molecule has 0 aliphatic rings. The molecule has 0 aliphatic heterocycles. The summed E-state index contributed by atoms with van der Waals surface area (Å²) in [6.07, 6.45) is 0.684. The summed E-state index contributed by atoms with van der Waals surface area (Å²) in [5.74, 6) is 3.16. The summed E-state index contributed by atoms with van der Waals surface area (Å²) >= 11 is 0. The number of carbonyl (C=O) groups is 1. The van der Waals surface area contributed by atoms with Crippen LogP contribution in [0.1, 0.15) is 29.7 Å². The number of aromatic nitrogens is 1. The molecule has 8 heteroatoms. The van der Waals surface area contributed by atoms with Gasteiger partial charge in [-0.3, -0.25) is 10.3 Å². The highest BCUT2D eigenvalue weighted by molar-refractivity contribution is 5.89. The SMILES string of the molecule is COc1cccc(C(C)OC(=O)Nc2ccc(Oc3ccnc4cc(OC)c(OC)cc34)c(C)c2C)c1. The molecular formula is C29H30N2O6. The average Bonchev–Trinajstić information content (AvgIpc) is 2.92. The first-order valence-corrected chi connectivity index (χ1v) is 11.7. The number of nitrogens with zero attached hydrogens (tertiary/aromatic N) is 1. The summed E-state index contributed by atoms with van der Waals surface area (Å²) in [7, 11) is 4.77. The molecule has 0 saturated carbocycles. The molecule has 8 nitrogen and oxygen atoms in total. The summed E-state index contributed by atoms with van der Waals surface area (Å²) in [5.41, 5.74) is 3.93. The van der Waals surface area contributed by atoms with Crippen LogP contribution in [0, 0.1) is 13.8 Å². The summed E-state index contributed by atoms with van der Waals surface area (Å²) in [5, 5.41) is 3.63. The molecule has 0 fully saturated rings. The molecule has 1 heterocycles. The molecule has 3 aromatic carbocycles. The number of carbonyl (C=O) groups excluding carboxylic acids is 1. The Balaban J connectivity index is 1.52. The normalized spacial score (nSPS) is 11.5. The van der Waals surface area contributed by atoms with Crippen molar-refractivity contribution in [3.63, 3.8) is 0 Å². The molecule has 0 radical (unpaired) electrons. The first-order valence-electron chi connectivity index (χ1n) is 11.7. The zero-order valence-electron chi connectivity index (χ0n) is 21.7. The van der Waals surface area contributed by atoms with Gasteiger partial charge in [-0.15, -0.1) is 0 Å². The first kappa shape index (κ1) is 25.6. The van der Waals surface area contributed by atoms with Crippen LogP contribution in [-0.2, 0) is 4.74 Å². The summed E-state index contributed by atoms with van der Waals surface area (Å²) in [6.45, 7) is 5.67. The molecule has 192 valence electrons. The van der Waals surface area contributed by atoms with Crippen LogP contribution in [0.2, 0.25) is 0 Å². The molecule has 1 atom stereocenters. The quantitative estimate of drug-likeness (QED) is 0.278. The molecule has 4 rings (SSSR count). The zero-order valence-corrected chi connectivity index (χ0v) is 21.7. The Labute approximate surface area is 216 Å². The molecule has 0 bridgehead atoms. The molecule has 1 aromatic heterocycles. The van der Waals surface area contributed by atoms with Crippen molar-refractivity contribution in [2.75, 3.05) is 26.6 Å². The van der Waals surface area contributed by atoms with Crippen LogP contribution in [0.4, 0.5) is 10.5 Å². The Morgan fingerprint density at radius 3 is 2.32 bits per heavy atom. The standard InChI is InChI=1S/C29H30N2O6/c1-17-18(2)25(37-26-12-13-30-24-16-28(35-6)27(34-5)15-22(24)26)11-10-23(17)31-29(32)36-19(3)20-8-7-9-21(14-20)33-4/h7-16,19H,1-6H3,(H,31,32). The smallest absolute Gasteiger partial charge is 0.412 e. The number of anilines is 1. The lowest BCUT2D eigenvalue weighted by Crippen LogP contribution is -2.17. The van der Waals surface area contributed by atoms with E-state index in [2.05, 4.69) is 10.3 Å². The van der Waals surface area contributed by atoms with E-state index in [1.165, 1.54) is 0 Å². The van der Waals surface area contributed by atoms with Crippen molar-refractivity contribution in [3.05, 3.63) is 77.5 Å². The van der Waals surface area contributed by atoms with E-state index in [0.717, 1.165) is 27.6 Å². The number of hydrogen-bond donors (Lipinski definition) is 1. The summed E-state index contributed by atoms with van der Waals surface area (Å²) < 4.78 is 28.0. The van der Waals surface area contributed by atoms with Crippen LogP contribution in [-0.4, -0.2) is 32.4 Å². The van der Waals surface area contributed by atoms with Gasteiger partial charge in [0.25, 0.3) is 0 Å². The molecule has 0 spiro atoms. The predicted molar refractivity (Wildman–Crippen MR) is 142 cm³/mol. The number of ether oxygens (including phenoxy) is 5. The number of benzene rings is 3. The molecule has 1 amide bonds. The molecular weight excluding hydrogens is 472 g/mol. The Hall–Kier alpha value is -4.46. The number of methoxy groups -OCH3 is 3. The fourth-order valence-electron chi connectivity index (χ4n) is 3.96. The maximum Gasteiger partial charge on any atom is 0.412 e. The van der Waals surface area contributed by atoms with Crippen molar-refractivity contribution in [1.82, 2.24) is 4.98 Å². The Morgan fingerprint density at radius 1 is 0.838 bits per heavy atom. The van der Waals surface area contributed by atoms with E-state index in [4.69, 9.17) is 23.7 Å². The van der Waals surface area contributed by atoms with Crippen LogP contribution in [0.5, 0.6) is 28.7 Å². The van der Waals surface area contributed by atoms with E-state index in [9.17, 15) is 4.79 Å². The van der Waals surface area contributed by atoms with Crippen LogP contribution in [0.3, 0.4) is 0 Å². The number of hydrogen-bond acceptors (Lipinski definition) is 7. The minimum absolute atomic E-state index is 0.449. The molecule has 0 aliphatic carbocycles. The summed E-state index contributed by atoms with van der Waals surface area (Å²) in [4.78, 5) is 17.0. The number of pyridine rings is 1. The monoisotopic (exact) mass is 502 g/mol. The number of nitrogens with one attached hydrogen (secondary N) is 1. The second-order valence-electron chi connectivity index (χ2n) is 8.45. The van der Waals surface area contributed by atoms with Gasteiger partial charge in [0.2, 0.25) is 0 Å². The third kappa shape index (κ3) is 5.53. The van der Waals surface area contributed by atoms with E-state index in [1.807, 2.05) is 63.2 Å². The highest BCUT2D eigenvalue weighted by Gasteiger charge is 2.17. The van der Waals surface area contributed by atoms with Gasteiger partial charge in [0, 0.05) is 23.3 Å². The number of amides is 1. The second-order valence-corrected chi connectivity index (χ2v) is 8.45. The second kappa shape index (κ2) is 11.1. The fraction of sp³-hybridized carbons (Fsp3) is 0.241. The predicted octanol–water partition coefficient (Wildman–Crippen LogP) is 6.98. The summed E-state index contributed by atoms with van der Waals surface area (Å²) in [6, 6.07) is 16.5. The van der Waals surface area contributed by atoms with E-state index in [0.29, 0.717) is 34.4 Å². The third-order valence-corrected chi connectivity index (χ3v) is 6.25. The van der Waals surface area contributed by atoms with Gasteiger partial charge < -0.3 is 23.7 Å². The number of fused-ring (bicyclic) bond motifs is 1.